The van der Waals surface area contributed by atoms with Gasteiger partial charge in [-0.1, -0.05) is 109 Å². The van der Waals surface area contributed by atoms with Crippen LogP contribution in [0.3, 0.4) is 0 Å². The standard InChI is InChI=1S/C37H43N2/c1-24(2)30-16-13-17-31(25(3)4)35(30)39-33-21-19-28(27-14-11-10-12-15-27)22-34(33)38(9)36(39)32-23-29(37(6,7)8)20-18-26(32)5/h10-25H,1-9H3/q+1. The van der Waals surface area contributed by atoms with E-state index >= 15 is 0 Å². The topological polar surface area (TPSA) is 8.81 Å². The molecule has 0 saturated carbocycles. The zero-order valence-electron chi connectivity index (χ0n) is 25.1. The number of imidazole rings is 1. The molecule has 0 aliphatic carbocycles. The van der Waals surface area contributed by atoms with Crippen LogP contribution in [0.1, 0.15) is 82.6 Å². The average molecular weight is 516 g/mol. The fraction of sp³-hybridized carbons (Fsp3) is 0.324. The highest BCUT2D eigenvalue weighted by atomic mass is 15.2. The first kappa shape index (κ1) is 26.9. The summed E-state index contributed by atoms with van der Waals surface area (Å²) in [5.41, 5.74) is 13.1. The molecule has 5 aromatic rings. The molecule has 0 fully saturated rings. The number of fused-ring (bicyclic) bond motifs is 1. The average Bonchev–Trinajstić information content (AvgIpc) is 3.19. The SMILES string of the molecule is Cc1ccc(C(C)(C)C)cc1-c1n(-c2c(C(C)C)cccc2C(C)C)c2ccc(-c3ccccc3)cc2[n+]1C. The number of aromatic nitrogens is 2. The van der Waals surface area contributed by atoms with Gasteiger partial charge in [0.2, 0.25) is 0 Å². The lowest BCUT2D eigenvalue weighted by Crippen LogP contribution is -2.31. The van der Waals surface area contributed by atoms with Crippen molar-refractivity contribution in [2.45, 2.75) is 72.6 Å². The Morgan fingerprint density at radius 2 is 1.33 bits per heavy atom. The third kappa shape index (κ3) is 4.82. The molecule has 1 aromatic heterocycles. The van der Waals surface area contributed by atoms with Crippen LogP contribution >= 0.6 is 0 Å². The van der Waals surface area contributed by atoms with Crippen LogP contribution in [-0.2, 0) is 12.5 Å². The summed E-state index contributed by atoms with van der Waals surface area (Å²) in [4.78, 5) is 0. The van der Waals surface area contributed by atoms with Gasteiger partial charge in [0.1, 0.15) is 5.69 Å². The smallest absolute Gasteiger partial charge is 0.225 e. The number of para-hydroxylation sites is 1. The summed E-state index contributed by atoms with van der Waals surface area (Å²) in [7, 11) is 2.24. The number of aryl methyl sites for hydroxylation is 2. The van der Waals surface area contributed by atoms with Gasteiger partial charge in [0.05, 0.1) is 12.6 Å². The first-order valence-corrected chi connectivity index (χ1v) is 14.3. The molecular formula is C37H43N2+. The van der Waals surface area contributed by atoms with Gasteiger partial charge >= 0.3 is 0 Å². The van der Waals surface area contributed by atoms with Gasteiger partial charge in [-0.05, 0) is 70.7 Å². The van der Waals surface area contributed by atoms with E-state index in [-0.39, 0.29) is 5.41 Å². The lowest BCUT2D eigenvalue weighted by atomic mass is 9.85. The van der Waals surface area contributed by atoms with Crippen molar-refractivity contribution in [2.75, 3.05) is 0 Å². The van der Waals surface area contributed by atoms with Crippen molar-refractivity contribution in [2.24, 2.45) is 7.05 Å². The third-order valence-corrected chi connectivity index (χ3v) is 8.12. The van der Waals surface area contributed by atoms with Crippen LogP contribution in [0, 0.1) is 6.92 Å². The Bertz CT molecular complexity index is 1620. The highest BCUT2D eigenvalue weighted by Crippen LogP contribution is 2.39. The summed E-state index contributed by atoms with van der Waals surface area (Å²) >= 11 is 0. The van der Waals surface area contributed by atoms with Crippen molar-refractivity contribution in [1.29, 1.82) is 0 Å². The van der Waals surface area contributed by atoms with Gasteiger partial charge in [-0.25, -0.2) is 4.57 Å². The van der Waals surface area contributed by atoms with Gasteiger partial charge in [-0.15, -0.1) is 0 Å². The number of hydrogen-bond donors (Lipinski definition) is 0. The minimum atomic E-state index is 0.0667. The maximum absolute atomic E-state index is 2.56. The molecule has 0 saturated heterocycles. The van der Waals surface area contributed by atoms with E-state index in [9.17, 15) is 0 Å². The van der Waals surface area contributed by atoms with Gasteiger partial charge in [-0.3, -0.25) is 0 Å². The van der Waals surface area contributed by atoms with Crippen molar-refractivity contribution in [3.05, 3.63) is 107 Å². The lowest BCUT2D eigenvalue weighted by Gasteiger charge is -2.21. The van der Waals surface area contributed by atoms with E-state index in [2.05, 4.69) is 157 Å². The third-order valence-electron chi connectivity index (χ3n) is 8.12. The zero-order valence-corrected chi connectivity index (χ0v) is 25.1. The van der Waals surface area contributed by atoms with Gasteiger partial charge in [0, 0.05) is 11.1 Å². The monoisotopic (exact) mass is 515 g/mol. The van der Waals surface area contributed by atoms with Crippen LogP contribution in [0.15, 0.2) is 84.9 Å². The van der Waals surface area contributed by atoms with E-state index in [4.69, 9.17) is 0 Å². The molecule has 0 atom stereocenters. The molecule has 0 N–H and O–H groups in total. The van der Waals surface area contributed by atoms with E-state index in [0.29, 0.717) is 11.8 Å². The molecule has 4 aromatic carbocycles. The second kappa shape index (κ2) is 10.2. The molecule has 0 radical (unpaired) electrons. The zero-order chi connectivity index (χ0) is 28.1. The van der Waals surface area contributed by atoms with Gasteiger partial charge in [-0.2, -0.15) is 4.57 Å². The van der Waals surface area contributed by atoms with E-state index in [1.165, 1.54) is 61.5 Å². The Morgan fingerprint density at radius 3 is 1.92 bits per heavy atom. The maximum atomic E-state index is 2.56. The first-order valence-electron chi connectivity index (χ1n) is 14.3. The molecule has 2 nitrogen and oxygen atoms in total. The van der Waals surface area contributed by atoms with Crippen LogP contribution in [0.2, 0.25) is 0 Å². The molecule has 2 heteroatoms. The largest absolute Gasteiger partial charge is 0.295 e. The Kier molecular flexibility index (Phi) is 7.01. The number of nitrogens with zero attached hydrogens (tertiary/aromatic N) is 2. The molecule has 0 aliphatic rings. The quantitative estimate of drug-likeness (QED) is 0.206. The minimum Gasteiger partial charge on any atom is -0.225 e. The lowest BCUT2D eigenvalue weighted by molar-refractivity contribution is -0.633. The maximum Gasteiger partial charge on any atom is 0.295 e. The van der Waals surface area contributed by atoms with Crippen LogP contribution < -0.4 is 4.57 Å². The number of hydrogen-bond acceptors (Lipinski definition) is 0. The van der Waals surface area contributed by atoms with E-state index in [0.717, 1.165) is 0 Å². The first-order chi connectivity index (χ1) is 18.5. The van der Waals surface area contributed by atoms with Gasteiger partial charge < -0.3 is 0 Å². The molecule has 0 unspecified atom stereocenters. The molecule has 0 bridgehead atoms. The molecule has 5 rings (SSSR count). The summed E-state index contributed by atoms with van der Waals surface area (Å²) in [6.45, 7) is 18.4. The molecule has 0 aliphatic heterocycles. The van der Waals surface area contributed by atoms with Crippen molar-refractivity contribution in [3.8, 4) is 28.2 Å². The molecule has 0 amide bonds. The Labute approximate surface area is 235 Å². The van der Waals surface area contributed by atoms with Crippen molar-refractivity contribution < 1.29 is 4.57 Å². The Hall–Kier alpha value is -3.65. The van der Waals surface area contributed by atoms with Crippen molar-refractivity contribution in [1.82, 2.24) is 4.57 Å². The minimum absolute atomic E-state index is 0.0667. The van der Waals surface area contributed by atoms with E-state index in [1.807, 2.05) is 0 Å². The predicted octanol–water partition coefficient (Wildman–Crippen LogP) is 9.64. The Morgan fingerprint density at radius 1 is 0.692 bits per heavy atom. The van der Waals surface area contributed by atoms with Gasteiger partial charge in [0.25, 0.3) is 5.82 Å². The molecule has 0 spiro atoms. The summed E-state index contributed by atoms with van der Waals surface area (Å²) in [5, 5.41) is 0. The van der Waals surface area contributed by atoms with Crippen LogP contribution in [0.25, 0.3) is 39.2 Å². The predicted molar refractivity (Wildman–Crippen MR) is 167 cm³/mol. The Balaban J connectivity index is 1.95. The summed E-state index contributed by atoms with van der Waals surface area (Å²) in [6, 6.07) is 31.6. The second-order valence-corrected chi connectivity index (χ2v) is 12.7. The number of benzene rings is 4. The fourth-order valence-corrected chi connectivity index (χ4v) is 5.80. The van der Waals surface area contributed by atoms with Crippen molar-refractivity contribution >= 4 is 11.0 Å². The highest BCUT2D eigenvalue weighted by Gasteiger charge is 2.32. The molecule has 1 heterocycles. The second-order valence-electron chi connectivity index (χ2n) is 12.7. The van der Waals surface area contributed by atoms with E-state index < -0.39 is 0 Å². The van der Waals surface area contributed by atoms with Crippen LogP contribution in [0.5, 0.6) is 0 Å². The van der Waals surface area contributed by atoms with Gasteiger partial charge in [0.15, 0.2) is 11.0 Å². The van der Waals surface area contributed by atoms with Crippen LogP contribution in [-0.4, -0.2) is 4.57 Å². The molecule has 39 heavy (non-hydrogen) atoms. The summed E-state index contributed by atoms with van der Waals surface area (Å²) in [5.74, 6) is 2.04. The highest BCUT2D eigenvalue weighted by molar-refractivity contribution is 5.85. The summed E-state index contributed by atoms with van der Waals surface area (Å²) < 4.78 is 4.97. The normalized spacial score (nSPS) is 12.2. The van der Waals surface area contributed by atoms with Crippen LogP contribution in [0.4, 0.5) is 0 Å². The summed E-state index contributed by atoms with van der Waals surface area (Å²) in [6.07, 6.45) is 0. The number of rotatable bonds is 5. The molecule has 200 valence electrons. The molecular weight excluding hydrogens is 472 g/mol. The fourth-order valence-electron chi connectivity index (χ4n) is 5.80. The van der Waals surface area contributed by atoms with E-state index in [1.54, 1.807) is 0 Å². The van der Waals surface area contributed by atoms with Crippen molar-refractivity contribution in [3.63, 3.8) is 0 Å².